The summed E-state index contributed by atoms with van der Waals surface area (Å²) in [6.45, 7) is 3.12. The van der Waals surface area contributed by atoms with Crippen molar-refractivity contribution >= 4 is 6.08 Å². The van der Waals surface area contributed by atoms with Crippen LogP contribution < -0.4 is 4.74 Å². The van der Waals surface area contributed by atoms with Crippen LogP contribution in [0.5, 0.6) is 5.75 Å². The summed E-state index contributed by atoms with van der Waals surface area (Å²) in [4.78, 5) is 0. The average molecular weight is 262 g/mol. The van der Waals surface area contributed by atoms with Gasteiger partial charge in [0.25, 0.3) is 0 Å². The largest absolute Gasteiger partial charge is 0.494 e. The van der Waals surface area contributed by atoms with Gasteiger partial charge in [-0.25, -0.2) is 0 Å². The van der Waals surface area contributed by atoms with Crippen LogP contribution in [0.25, 0.3) is 6.08 Å². The second kappa shape index (κ2) is 10.6. The van der Waals surface area contributed by atoms with E-state index < -0.39 is 0 Å². The lowest BCUT2D eigenvalue weighted by atomic mass is 10.1. The number of ether oxygens (including phenoxy) is 1. The van der Waals surface area contributed by atoms with Gasteiger partial charge in [-0.2, -0.15) is 0 Å². The molecule has 2 heteroatoms. The molecule has 0 bridgehead atoms. The third-order valence-corrected chi connectivity index (χ3v) is 3.06. The SMILES string of the molecule is CCCCCCCCOc1ccc(C=CCO)cc1. The number of aliphatic hydroxyl groups is 1. The highest BCUT2D eigenvalue weighted by molar-refractivity contribution is 5.50. The summed E-state index contributed by atoms with van der Waals surface area (Å²) in [6.07, 6.45) is 11.3. The van der Waals surface area contributed by atoms with Crippen molar-refractivity contribution in [2.45, 2.75) is 45.4 Å². The Bertz CT molecular complexity index is 341. The van der Waals surface area contributed by atoms with Crippen molar-refractivity contribution in [3.05, 3.63) is 35.9 Å². The van der Waals surface area contributed by atoms with E-state index in [1.165, 1.54) is 32.1 Å². The number of rotatable bonds is 10. The molecule has 0 aliphatic rings. The first-order chi connectivity index (χ1) is 9.36. The molecule has 1 N–H and O–H groups in total. The summed E-state index contributed by atoms with van der Waals surface area (Å²) in [5, 5.41) is 8.69. The maximum absolute atomic E-state index is 8.69. The normalized spacial score (nSPS) is 11.1. The number of hydrogen-bond donors (Lipinski definition) is 1. The van der Waals surface area contributed by atoms with E-state index in [0.29, 0.717) is 0 Å². The molecule has 0 amide bonds. The van der Waals surface area contributed by atoms with Gasteiger partial charge in [-0.1, -0.05) is 63.3 Å². The predicted octanol–water partition coefficient (Wildman–Crippen LogP) is 4.43. The minimum atomic E-state index is 0.0796. The van der Waals surface area contributed by atoms with Crippen LogP contribution in [0.15, 0.2) is 30.3 Å². The summed E-state index contributed by atoms with van der Waals surface area (Å²) in [7, 11) is 0. The van der Waals surface area contributed by atoms with Gasteiger partial charge in [-0.3, -0.25) is 0 Å². The Kier molecular flexibility index (Phi) is 8.82. The van der Waals surface area contributed by atoms with E-state index in [1.807, 2.05) is 30.3 Å². The number of benzene rings is 1. The summed E-state index contributed by atoms with van der Waals surface area (Å²) >= 11 is 0. The third kappa shape index (κ3) is 7.68. The van der Waals surface area contributed by atoms with E-state index in [0.717, 1.165) is 24.3 Å². The van der Waals surface area contributed by atoms with Crippen molar-refractivity contribution in [1.29, 1.82) is 0 Å². The summed E-state index contributed by atoms with van der Waals surface area (Å²) < 4.78 is 5.70. The molecule has 0 unspecified atom stereocenters. The van der Waals surface area contributed by atoms with Crippen LogP contribution in [0, 0.1) is 0 Å². The molecule has 0 saturated heterocycles. The Morgan fingerprint density at radius 3 is 2.37 bits per heavy atom. The summed E-state index contributed by atoms with van der Waals surface area (Å²) in [6, 6.07) is 7.97. The standard InChI is InChI=1S/C17H26O2/c1-2-3-4-5-6-7-15-19-17-12-10-16(11-13-17)9-8-14-18/h8-13,18H,2-7,14-15H2,1H3. The fourth-order valence-electron chi connectivity index (χ4n) is 1.94. The quantitative estimate of drug-likeness (QED) is 0.632. The van der Waals surface area contributed by atoms with Gasteiger partial charge in [-0.15, -0.1) is 0 Å². The molecule has 0 fully saturated rings. The fraction of sp³-hybridized carbons (Fsp3) is 0.529. The van der Waals surface area contributed by atoms with Gasteiger partial charge < -0.3 is 9.84 Å². The van der Waals surface area contributed by atoms with Gasteiger partial charge in [-0.05, 0) is 24.1 Å². The van der Waals surface area contributed by atoms with Crippen LogP contribution in [0.1, 0.15) is 51.0 Å². The van der Waals surface area contributed by atoms with Crippen LogP contribution >= 0.6 is 0 Å². The molecule has 2 nitrogen and oxygen atoms in total. The maximum atomic E-state index is 8.69. The fourth-order valence-corrected chi connectivity index (χ4v) is 1.94. The van der Waals surface area contributed by atoms with Gasteiger partial charge in [0.2, 0.25) is 0 Å². The smallest absolute Gasteiger partial charge is 0.119 e. The van der Waals surface area contributed by atoms with Crippen molar-refractivity contribution in [2.24, 2.45) is 0 Å². The van der Waals surface area contributed by atoms with Crippen molar-refractivity contribution in [3.63, 3.8) is 0 Å². The van der Waals surface area contributed by atoms with Gasteiger partial charge in [0, 0.05) is 0 Å². The Hall–Kier alpha value is -1.28. The monoisotopic (exact) mass is 262 g/mol. The highest BCUT2D eigenvalue weighted by Crippen LogP contribution is 2.14. The van der Waals surface area contributed by atoms with Crippen molar-refractivity contribution in [1.82, 2.24) is 0 Å². The predicted molar refractivity (Wildman–Crippen MR) is 81.4 cm³/mol. The zero-order valence-electron chi connectivity index (χ0n) is 12.0. The first-order valence-corrected chi connectivity index (χ1v) is 7.37. The van der Waals surface area contributed by atoms with Crippen LogP contribution in [-0.4, -0.2) is 18.3 Å². The van der Waals surface area contributed by atoms with E-state index in [9.17, 15) is 0 Å². The maximum Gasteiger partial charge on any atom is 0.119 e. The average Bonchev–Trinajstić information content (AvgIpc) is 2.45. The summed E-state index contributed by atoms with van der Waals surface area (Å²) in [5.41, 5.74) is 1.08. The van der Waals surface area contributed by atoms with Crippen molar-refractivity contribution in [2.75, 3.05) is 13.2 Å². The van der Waals surface area contributed by atoms with Gasteiger partial charge in [0.15, 0.2) is 0 Å². The third-order valence-electron chi connectivity index (χ3n) is 3.06. The first-order valence-electron chi connectivity index (χ1n) is 7.37. The molecule has 0 atom stereocenters. The molecule has 0 aromatic heterocycles. The second-order valence-corrected chi connectivity index (χ2v) is 4.77. The molecular weight excluding hydrogens is 236 g/mol. The highest BCUT2D eigenvalue weighted by atomic mass is 16.5. The molecule has 106 valence electrons. The summed E-state index contributed by atoms with van der Waals surface area (Å²) in [5.74, 6) is 0.926. The van der Waals surface area contributed by atoms with E-state index in [4.69, 9.17) is 9.84 Å². The first kappa shape index (κ1) is 15.8. The zero-order chi connectivity index (χ0) is 13.8. The highest BCUT2D eigenvalue weighted by Gasteiger charge is 1.94. The minimum absolute atomic E-state index is 0.0796. The molecule has 1 rings (SSSR count). The van der Waals surface area contributed by atoms with Crippen LogP contribution in [0.3, 0.4) is 0 Å². The molecule has 0 heterocycles. The number of unbranched alkanes of at least 4 members (excludes halogenated alkanes) is 5. The number of aliphatic hydroxyl groups excluding tert-OH is 1. The minimum Gasteiger partial charge on any atom is -0.494 e. The van der Waals surface area contributed by atoms with Crippen LogP contribution in [0.2, 0.25) is 0 Å². The molecule has 0 saturated carbocycles. The van der Waals surface area contributed by atoms with E-state index in [-0.39, 0.29) is 6.61 Å². The van der Waals surface area contributed by atoms with Crippen LogP contribution in [-0.2, 0) is 0 Å². The molecule has 0 radical (unpaired) electrons. The number of hydrogen-bond acceptors (Lipinski definition) is 2. The van der Waals surface area contributed by atoms with Gasteiger partial charge in [0.05, 0.1) is 13.2 Å². The molecular formula is C17H26O2. The van der Waals surface area contributed by atoms with E-state index >= 15 is 0 Å². The molecule has 0 spiro atoms. The van der Waals surface area contributed by atoms with Crippen molar-refractivity contribution < 1.29 is 9.84 Å². The van der Waals surface area contributed by atoms with Crippen LogP contribution in [0.4, 0.5) is 0 Å². The zero-order valence-corrected chi connectivity index (χ0v) is 12.0. The Morgan fingerprint density at radius 1 is 1.00 bits per heavy atom. The molecule has 1 aromatic carbocycles. The Morgan fingerprint density at radius 2 is 1.68 bits per heavy atom. The Balaban J connectivity index is 2.14. The molecule has 0 aliphatic heterocycles. The Labute approximate surface area is 117 Å². The second-order valence-electron chi connectivity index (χ2n) is 4.77. The topological polar surface area (TPSA) is 29.5 Å². The van der Waals surface area contributed by atoms with E-state index in [1.54, 1.807) is 6.08 Å². The molecule has 1 aromatic rings. The molecule has 19 heavy (non-hydrogen) atoms. The van der Waals surface area contributed by atoms with Crippen molar-refractivity contribution in [3.8, 4) is 5.75 Å². The molecule has 0 aliphatic carbocycles. The van der Waals surface area contributed by atoms with Gasteiger partial charge >= 0.3 is 0 Å². The lowest BCUT2D eigenvalue weighted by molar-refractivity contribution is 0.304. The van der Waals surface area contributed by atoms with E-state index in [2.05, 4.69) is 6.92 Å². The lowest BCUT2D eigenvalue weighted by Crippen LogP contribution is -1.97. The lowest BCUT2D eigenvalue weighted by Gasteiger charge is -2.06. The van der Waals surface area contributed by atoms with Gasteiger partial charge in [0.1, 0.15) is 5.75 Å².